The average Bonchev–Trinajstić information content (AvgIpc) is 2.83. The standard InChI is InChI=1S/C14H21ClN2/c1-12-13(5-4-6-14(12)15)11-16-7-10-17-8-2-3-9-17/h4-6,16H,2-3,7-11H2,1H3. The minimum absolute atomic E-state index is 0.865. The Labute approximate surface area is 109 Å². The molecule has 1 heterocycles. The quantitative estimate of drug-likeness (QED) is 0.811. The van der Waals surface area contributed by atoms with Crippen LogP contribution in [0.2, 0.25) is 5.02 Å². The zero-order chi connectivity index (χ0) is 12.1. The average molecular weight is 253 g/mol. The van der Waals surface area contributed by atoms with Crippen molar-refractivity contribution in [3.05, 3.63) is 34.3 Å². The van der Waals surface area contributed by atoms with Gasteiger partial charge in [0.1, 0.15) is 0 Å². The lowest BCUT2D eigenvalue weighted by Crippen LogP contribution is -2.29. The van der Waals surface area contributed by atoms with Crippen LogP contribution in [0, 0.1) is 6.92 Å². The summed E-state index contributed by atoms with van der Waals surface area (Å²) in [6.45, 7) is 7.78. The van der Waals surface area contributed by atoms with Crippen LogP contribution in [0.4, 0.5) is 0 Å². The Morgan fingerprint density at radius 2 is 2.06 bits per heavy atom. The van der Waals surface area contributed by atoms with Crippen molar-refractivity contribution in [2.24, 2.45) is 0 Å². The van der Waals surface area contributed by atoms with Gasteiger partial charge < -0.3 is 10.2 Å². The predicted molar refractivity (Wildman–Crippen MR) is 73.6 cm³/mol. The number of benzene rings is 1. The van der Waals surface area contributed by atoms with E-state index in [9.17, 15) is 0 Å². The number of nitrogens with one attached hydrogen (secondary N) is 1. The monoisotopic (exact) mass is 252 g/mol. The smallest absolute Gasteiger partial charge is 0.0438 e. The highest BCUT2D eigenvalue weighted by molar-refractivity contribution is 6.31. The predicted octanol–water partition coefficient (Wildman–Crippen LogP) is 2.83. The second kappa shape index (κ2) is 6.39. The molecule has 2 rings (SSSR count). The highest BCUT2D eigenvalue weighted by Crippen LogP contribution is 2.18. The third-order valence-electron chi connectivity index (χ3n) is 3.50. The van der Waals surface area contributed by atoms with E-state index < -0.39 is 0 Å². The van der Waals surface area contributed by atoms with Crippen LogP contribution in [-0.4, -0.2) is 31.1 Å². The molecule has 0 aromatic heterocycles. The van der Waals surface area contributed by atoms with Crippen LogP contribution in [0.1, 0.15) is 24.0 Å². The van der Waals surface area contributed by atoms with E-state index in [1.54, 1.807) is 0 Å². The Morgan fingerprint density at radius 3 is 2.82 bits per heavy atom. The Bertz CT molecular complexity index is 359. The van der Waals surface area contributed by atoms with Gasteiger partial charge in [0.15, 0.2) is 0 Å². The Kier molecular flexibility index (Phi) is 4.84. The summed E-state index contributed by atoms with van der Waals surface area (Å²) in [6, 6.07) is 6.11. The first kappa shape index (κ1) is 12.9. The van der Waals surface area contributed by atoms with Crippen molar-refractivity contribution in [2.75, 3.05) is 26.2 Å². The molecule has 0 aliphatic carbocycles. The van der Waals surface area contributed by atoms with E-state index in [1.807, 2.05) is 12.1 Å². The molecule has 0 bridgehead atoms. The first-order valence-electron chi connectivity index (χ1n) is 6.44. The number of hydrogen-bond acceptors (Lipinski definition) is 2. The maximum atomic E-state index is 6.09. The van der Waals surface area contributed by atoms with Crippen molar-refractivity contribution in [3.63, 3.8) is 0 Å². The maximum Gasteiger partial charge on any atom is 0.0438 e. The first-order valence-corrected chi connectivity index (χ1v) is 6.82. The van der Waals surface area contributed by atoms with Gasteiger partial charge in [-0.15, -0.1) is 0 Å². The molecule has 94 valence electrons. The van der Waals surface area contributed by atoms with Crippen molar-refractivity contribution >= 4 is 11.6 Å². The maximum absolute atomic E-state index is 6.09. The van der Waals surface area contributed by atoms with Crippen molar-refractivity contribution in [1.82, 2.24) is 10.2 Å². The van der Waals surface area contributed by atoms with Crippen LogP contribution in [-0.2, 0) is 6.54 Å². The topological polar surface area (TPSA) is 15.3 Å². The van der Waals surface area contributed by atoms with Crippen molar-refractivity contribution in [2.45, 2.75) is 26.3 Å². The minimum Gasteiger partial charge on any atom is -0.311 e. The summed E-state index contributed by atoms with van der Waals surface area (Å²) in [7, 11) is 0. The van der Waals surface area contributed by atoms with Gasteiger partial charge in [-0.25, -0.2) is 0 Å². The molecule has 0 amide bonds. The summed E-state index contributed by atoms with van der Waals surface area (Å²) < 4.78 is 0. The van der Waals surface area contributed by atoms with E-state index in [4.69, 9.17) is 11.6 Å². The van der Waals surface area contributed by atoms with Gasteiger partial charge in [-0.05, 0) is 50.0 Å². The van der Waals surface area contributed by atoms with Crippen molar-refractivity contribution in [3.8, 4) is 0 Å². The lowest BCUT2D eigenvalue weighted by Gasteiger charge is -2.15. The molecule has 0 unspecified atom stereocenters. The number of nitrogens with zero attached hydrogens (tertiary/aromatic N) is 1. The van der Waals surface area contributed by atoms with E-state index in [2.05, 4.69) is 23.2 Å². The molecule has 3 heteroatoms. The molecule has 0 spiro atoms. The lowest BCUT2D eigenvalue weighted by molar-refractivity contribution is 0.335. The lowest BCUT2D eigenvalue weighted by atomic mass is 10.1. The second-order valence-corrected chi connectivity index (χ2v) is 5.16. The van der Waals surface area contributed by atoms with Crippen LogP contribution < -0.4 is 5.32 Å². The Morgan fingerprint density at radius 1 is 1.29 bits per heavy atom. The number of halogens is 1. The summed E-state index contributed by atoms with van der Waals surface area (Å²) in [5.74, 6) is 0. The Balaban J connectivity index is 1.72. The normalized spacial score (nSPS) is 16.6. The zero-order valence-corrected chi connectivity index (χ0v) is 11.3. The van der Waals surface area contributed by atoms with Crippen LogP contribution in [0.5, 0.6) is 0 Å². The summed E-state index contributed by atoms with van der Waals surface area (Å²) in [5, 5.41) is 4.36. The molecule has 17 heavy (non-hydrogen) atoms. The van der Waals surface area contributed by atoms with Crippen LogP contribution in [0.3, 0.4) is 0 Å². The molecule has 2 nitrogen and oxygen atoms in total. The van der Waals surface area contributed by atoms with Crippen molar-refractivity contribution < 1.29 is 0 Å². The fraction of sp³-hybridized carbons (Fsp3) is 0.571. The SMILES string of the molecule is Cc1c(Cl)cccc1CNCCN1CCCC1. The van der Waals surface area contributed by atoms with Gasteiger partial charge in [0.05, 0.1) is 0 Å². The molecular formula is C14H21ClN2. The largest absolute Gasteiger partial charge is 0.311 e. The van der Waals surface area contributed by atoms with Gasteiger partial charge in [0.25, 0.3) is 0 Å². The minimum atomic E-state index is 0.865. The zero-order valence-electron chi connectivity index (χ0n) is 10.5. The van der Waals surface area contributed by atoms with Crippen LogP contribution >= 0.6 is 11.6 Å². The number of rotatable bonds is 5. The third-order valence-corrected chi connectivity index (χ3v) is 3.91. The Hall–Kier alpha value is -0.570. The van der Waals surface area contributed by atoms with E-state index in [0.717, 1.165) is 18.1 Å². The molecule has 1 N–H and O–H groups in total. The summed E-state index contributed by atoms with van der Waals surface area (Å²) in [4.78, 5) is 2.53. The molecule has 0 atom stereocenters. The van der Waals surface area contributed by atoms with E-state index in [0.29, 0.717) is 0 Å². The number of hydrogen-bond donors (Lipinski definition) is 1. The second-order valence-electron chi connectivity index (χ2n) is 4.75. The van der Waals surface area contributed by atoms with Crippen LogP contribution in [0.15, 0.2) is 18.2 Å². The summed E-state index contributed by atoms with van der Waals surface area (Å²) in [6.07, 6.45) is 2.74. The summed E-state index contributed by atoms with van der Waals surface area (Å²) >= 11 is 6.09. The van der Waals surface area contributed by atoms with Gasteiger partial charge >= 0.3 is 0 Å². The first-order chi connectivity index (χ1) is 8.27. The van der Waals surface area contributed by atoms with Gasteiger partial charge in [0, 0.05) is 24.7 Å². The third kappa shape index (κ3) is 3.70. The van der Waals surface area contributed by atoms with Gasteiger partial charge in [-0.1, -0.05) is 23.7 Å². The van der Waals surface area contributed by atoms with E-state index >= 15 is 0 Å². The molecule has 1 aromatic carbocycles. The summed E-state index contributed by atoms with van der Waals surface area (Å²) in [5.41, 5.74) is 2.50. The molecule has 1 aliphatic rings. The molecule has 0 radical (unpaired) electrons. The number of likely N-dealkylation sites (tertiary alicyclic amines) is 1. The molecule has 1 aliphatic heterocycles. The van der Waals surface area contributed by atoms with Gasteiger partial charge in [0.2, 0.25) is 0 Å². The van der Waals surface area contributed by atoms with Crippen molar-refractivity contribution in [1.29, 1.82) is 0 Å². The fourth-order valence-corrected chi connectivity index (χ4v) is 2.50. The molecule has 0 saturated carbocycles. The molecule has 1 fully saturated rings. The van der Waals surface area contributed by atoms with E-state index in [-0.39, 0.29) is 0 Å². The highest BCUT2D eigenvalue weighted by atomic mass is 35.5. The van der Waals surface area contributed by atoms with Gasteiger partial charge in [-0.2, -0.15) is 0 Å². The van der Waals surface area contributed by atoms with E-state index in [1.165, 1.54) is 43.6 Å². The molecule has 1 aromatic rings. The molecule has 1 saturated heterocycles. The molecular weight excluding hydrogens is 232 g/mol. The van der Waals surface area contributed by atoms with Crippen LogP contribution in [0.25, 0.3) is 0 Å². The highest BCUT2D eigenvalue weighted by Gasteiger charge is 2.10. The fourth-order valence-electron chi connectivity index (χ4n) is 2.31. The van der Waals surface area contributed by atoms with Gasteiger partial charge in [-0.3, -0.25) is 0 Å².